The second-order valence-corrected chi connectivity index (χ2v) is 1.41. The van der Waals surface area contributed by atoms with Crippen LogP contribution in [-0.2, 0) is 0 Å². The van der Waals surface area contributed by atoms with E-state index in [2.05, 4.69) is 0 Å². The topological polar surface area (TPSA) is 26.0 Å². The van der Waals surface area contributed by atoms with Crippen molar-refractivity contribution in [3.05, 3.63) is 12.0 Å². The SMILES string of the molecule is Nc1bbbcc1. The van der Waals surface area contributed by atoms with Gasteiger partial charge in [0.15, 0.2) is 0 Å². The molecule has 1 nitrogen and oxygen atoms in total. The molecule has 0 spiro atoms. The van der Waals surface area contributed by atoms with Crippen LogP contribution in [-0.4, -0.2) is 20.3 Å². The molecule has 0 bridgehead atoms. The zero-order valence-electron chi connectivity index (χ0n) is 3.96. The van der Waals surface area contributed by atoms with E-state index in [9.17, 15) is 0 Å². The van der Waals surface area contributed by atoms with Crippen molar-refractivity contribution in [1.82, 2.24) is 0 Å². The quantitative estimate of drug-likeness (QED) is 0.443. The molecule has 1 heterocycles. The number of nitrogens with two attached hydrogens (primary N) is 1. The average Bonchev–Trinajstić information content (AvgIpc) is 1.69. The van der Waals surface area contributed by atoms with Crippen molar-refractivity contribution in [3.63, 3.8) is 0 Å². The molecule has 1 aromatic rings. The van der Waals surface area contributed by atoms with Crippen LogP contribution in [0, 0.1) is 0 Å². The van der Waals surface area contributed by atoms with Gasteiger partial charge in [-0.25, -0.2) is 0 Å². The molecule has 30 valence electrons. The molecule has 1 aromatic heterocycles. The predicted octanol–water partition coefficient (Wildman–Crippen LogP) is -0.717. The number of anilines is 1. The second-order valence-electron chi connectivity index (χ2n) is 1.41. The van der Waals surface area contributed by atoms with E-state index in [0.29, 0.717) is 0 Å². The first-order valence-corrected chi connectivity index (χ1v) is 2.20. The van der Waals surface area contributed by atoms with Gasteiger partial charge in [0.2, 0.25) is 0 Å². The fraction of sp³-hybridized carbons (Fsp3) is 0. The summed E-state index contributed by atoms with van der Waals surface area (Å²) in [6.07, 6.45) is 0. The maximum absolute atomic E-state index is 5.36. The van der Waals surface area contributed by atoms with Crippen molar-refractivity contribution < 1.29 is 0 Å². The summed E-state index contributed by atoms with van der Waals surface area (Å²) < 4.78 is 0. The van der Waals surface area contributed by atoms with E-state index in [4.69, 9.17) is 5.73 Å². The van der Waals surface area contributed by atoms with Crippen molar-refractivity contribution in [2.45, 2.75) is 0 Å². The predicted molar refractivity (Wildman–Crippen MR) is 34.9 cm³/mol. The summed E-state index contributed by atoms with van der Waals surface area (Å²) in [6, 6.07) is 1.86. The molecule has 1 rings (SSSR count). The molecule has 0 fully saturated rings. The number of nitrogen functional groups attached to an aromatic ring is 1. The first-order valence-electron chi connectivity index (χ1n) is 2.20. The minimum absolute atomic E-state index is 0.822. The molecule has 0 amide bonds. The first kappa shape index (κ1) is 4.76. The molecule has 0 radical (unpaired) electrons. The Kier molecular flexibility index (Phi) is 1.40. The molecule has 0 saturated heterocycles. The Morgan fingerprint density at radius 3 is 2.71 bits per heavy atom. The summed E-state index contributed by atoms with van der Waals surface area (Å²) in [4.78, 5) is 0. The summed E-state index contributed by atoms with van der Waals surface area (Å²) in [6.45, 7) is 5.71. The van der Waals surface area contributed by atoms with E-state index in [1.807, 2.05) is 32.3 Å². The van der Waals surface area contributed by atoms with E-state index in [-0.39, 0.29) is 0 Å². The zero-order valence-corrected chi connectivity index (χ0v) is 3.96. The molecule has 0 aliphatic heterocycles. The zero-order chi connectivity index (χ0) is 5.11. The summed E-state index contributed by atoms with van der Waals surface area (Å²) in [5.41, 5.74) is 6.18. The van der Waals surface area contributed by atoms with Crippen LogP contribution >= 0.6 is 0 Å². The third kappa shape index (κ3) is 1.26. The molecular weight excluding hydrogens is 82.5 g/mol. The van der Waals surface area contributed by atoms with Gasteiger partial charge in [0.05, 0.1) is 0 Å². The summed E-state index contributed by atoms with van der Waals surface area (Å²) in [7, 11) is 0. The Hall–Kier alpha value is -0.395. The number of hydrogen-bond acceptors (Lipinski definition) is 1. The van der Waals surface area contributed by atoms with Crippen molar-refractivity contribution in [1.29, 1.82) is 0 Å². The van der Waals surface area contributed by atoms with Gasteiger partial charge in [-0.2, -0.15) is 0 Å². The van der Waals surface area contributed by atoms with E-state index < -0.39 is 0 Å². The standard InChI is InChI=1S/C3H4B3N/c7-3-1-2-4-6-5-3/h1-2H,7H2. The van der Waals surface area contributed by atoms with E-state index in [1.54, 1.807) is 0 Å². The van der Waals surface area contributed by atoms with Gasteiger partial charge in [0.25, 0.3) is 0 Å². The molecular formula is C3H4B3N. The van der Waals surface area contributed by atoms with Crippen molar-refractivity contribution in [2.75, 3.05) is 5.73 Å². The first-order chi connectivity index (χ1) is 3.39. The van der Waals surface area contributed by atoms with Crippen LogP contribution < -0.4 is 5.73 Å². The molecule has 0 saturated carbocycles. The van der Waals surface area contributed by atoms with Crippen LogP contribution in [0.25, 0.3) is 0 Å². The van der Waals surface area contributed by atoms with Gasteiger partial charge < -0.3 is 0 Å². The van der Waals surface area contributed by atoms with Gasteiger partial charge >= 0.3 is 43.6 Å². The summed E-state index contributed by atoms with van der Waals surface area (Å²) in [5.74, 6) is 1.91. The summed E-state index contributed by atoms with van der Waals surface area (Å²) in [5, 5.41) is 0. The van der Waals surface area contributed by atoms with Crippen LogP contribution in [0.5, 0.6) is 0 Å². The monoisotopic (exact) mass is 87.1 g/mol. The van der Waals surface area contributed by atoms with Crippen LogP contribution in [0.1, 0.15) is 0 Å². The van der Waals surface area contributed by atoms with E-state index in [0.717, 1.165) is 5.58 Å². The Balaban J connectivity index is 3.02. The fourth-order valence-electron chi connectivity index (χ4n) is 0.453. The molecule has 0 aliphatic rings. The van der Waals surface area contributed by atoms with Gasteiger partial charge in [0, 0.05) is 0 Å². The van der Waals surface area contributed by atoms with Gasteiger partial charge in [0.1, 0.15) is 0 Å². The number of hydrogen-bond donors (Lipinski definition) is 1. The Bertz CT molecular complexity index is 140. The van der Waals surface area contributed by atoms with Crippen LogP contribution in [0.2, 0.25) is 0 Å². The minimum atomic E-state index is 0.822. The van der Waals surface area contributed by atoms with E-state index >= 15 is 0 Å². The molecule has 0 aromatic carbocycles. The van der Waals surface area contributed by atoms with Crippen LogP contribution in [0.4, 0.5) is 5.58 Å². The Morgan fingerprint density at radius 2 is 2.43 bits per heavy atom. The molecule has 0 aliphatic carbocycles. The van der Waals surface area contributed by atoms with Crippen molar-refractivity contribution >= 4 is 25.9 Å². The van der Waals surface area contributed by atoms with Crippen molar-refractivity contribution in [3.8, 4) is 0 Å². The number of rotatable bonds is 0. The molecule has 0 unspecified atom stereocenters. The van der Waals surface area contributed by atoms with E-state index in [1.165, 1.54) is 0 Å². The van der Waals surface area contributed by atoms with Gasteiger partial charge in [-0.15, -0.1) is 0 Å². The summed E-state index contributed by atoms with van der Waals surface area (Å²) >= 11 is 0. The molecule has 4 heteroatoms. The Labute approximate surface area is 44.5 Å². The van der Waals surface area contributed by atoms with Crippen molar-refractivity contribution in [2.24, 2.45) is 0 Å². The van der Waals surface area contributed by atoms with Gasteiger partial charge in [-0.3, -0.25) is 0 Å². The normalized spacial score (nSPS) is 6.86. The molecule has 0 atom stereocenters. The second kappa shape index (κ2) is 2.05. The third-order valence-electron chi connectivity index (χ3n) is 0.800. The Morgan fingerprint density at radius 1 is 1.57 bits per heavy atom. The van der Waals surface area contributed by atoms with Gasteiger partial charge in [-0.1, -0.05) is 0 Å². The van der Waals surface area contributed by atoms with Crippen LogP contribution in [0.15, 0.2) is 12.0 Å². The maximum atomic E-state index is 5.36. The average molecular weight is 86.5 g/mol. The molecule has 7 heavy (non-hydrogen) atoms. The fourth-order valence-corrected chi connectivity index (χ4v) is 0.453. The molecule has 2 N–H and O–H groups in total. The third-order valence-corrected chi connectivity index (χ3v) is 0.800. The van der Waals surface area contributed by atoms with Crippen LogP contribution in [0.3, 0.4) is 0 Å². The van der Waals surface area contributed by atoms with Gasteiger partial charge in [-0.05, 0) is 0 Å².